The summed E-state index contributed by atoms with van der Waals surface area (Å²) >= 11 is 4.96. The van der Waals surface area contributed by atoms with Crippen molar-refractivity contribution >= 4 is 17.5 Å². The summed E-state index contributed by atoms with van der Waals surface area (Å²) in [7, 11) is 0. The number of terminal acetylenes is 1. The summed E-state index contributed by atoms with van der Waals surface area (Å²) in [5, 5.41) is -0.119. The van der Waals surface area contributed by atoms with E-state index in [4.69, 9.17) is 37.6 Å². The molecule has 1 fully saturated rings. The summed E-state index contributed by atoms with van der Waals surface area (Å²) < 4.78 is 61.5. The van der Waals surface area contributed by atoms with Gasteiger partial charge in [0.15, 0.2) is 0 Å². The van der Waals surface area contributed by atoms with E-state index in [0.29, 0.717) is 17.4 Å². The third-order valence-corrected chi connectivity index (χ3v) is 4.28. The highest BCUT2D eigenvalue weighted by Gasteiger charge is 2.40. The number of ether oxygens (including phenoxy) is 4. The number of hydrogen-bond donors (Lipinski definition) is 1. The fraction of sp³-hybridized carbons (Fsp3) is 0.611. The van der Waals surface area contributed by atoms with Gasteiger partial charge in [0, 0.05) is 24.8 Å². The summed E-state index contributed by atoms with van der Waals surface area (Å²) in [5.74, 6) is 2.50. The van der Waals surface area contributed by atoms with Gasteiger partial charge in [0.25, 0.3) is 5.56 Å². The molecule has 1 N–H and O–H groups in total. The highest BCUT2D eigenvalue weighted by atomic mass is 32.1. The van der Waals surface area contributed by atoms with Gasteiger partial charge in [-0.15, -0.1) is 6.42 Å². The Hall–Kier alpha value is -2.36. The number of aromatic amines is 1. The van der Waals surface area contributed by atoms with E-state index in [1.54, 1.807) is 4.98 Å². The Morgan fingerprint density at radius 2 is 2.13 bits per heavy atom. The van der Waals surface area contributed by atoms with Crippen LogP contribution in [0, 0.1) is 18.3 Å². The standard InChI is InChI=1S/C18H21F3N2O6S/c1-4-5-26-12-6-14(29-13(12)9-28-17(30)27-8-10(2)3)23-7-11(18(19,20)21)15(24)22-16(23)25/h1,7,10,12-14H,5-6,8-9H2,2-3H3,(H,22,24,25)/t12-,13+,14+/m0/s1. The van der Waals surface area contributed by atoms with Crippen LogP contribution in [0.1, 0.15) is 32.1 Å². The topological polar surface area (TPSA) is 91.8 Å². The summed E-state index contributed by atoms with van der Waals surface area (Å²) in [5.41, 5.74) is -4.10. The normalized spacial score (nSPS) is 21.4. The van der Waals surface area contributed by atoms with Gasteiger partial charge >= 0.3 is 17.1 Å². The minimum absolute atomic E-state index is 0.00142. The Morgan fingerprint density at radius 3 is 2.73 bits per heavy atom. The van der Waals surface area contributed by atoms with E-state index in [0.717, 1.165) is 0 Å². The molecule has 0 amide bonds. The molecule has 0 aromatic carbocycles. The molecule has 2 rings (SSSR count). The van der Waals surface area contributed by atoms with Crippen LogP contribution < -0.4 is 11.2 Å². The largest absolute Gasteiger partial charge is 0.457 e. The predicted octanol–water partition coefficient (Wildman–Crippen LogP) is 1.84. The Bertz CT molecular complexity index is 905. The molecule has 1 aromatic heterocycles. The molecule has 0 saturated carbocycles. The second-order valence-electron chi connectivity index (χ2n) is 6.89. The van der Waals surface area contributed by atoms with Crippen molar-refractivity contribution in [2.45, 2.75) is 44.9 Å². The zero-order valence-corrected chi connectivity index (χ0v) is 17.0. The van der Waals surface area contributed by atoms with E-state index in [1.807, 2.05) is 13.8 Å². The molecule has 30 heavy (non-hydrogen) atoms. The smallest absolute Gasteiger partial charge is 0.423 e. The third-order valence-electron chi connectivity index (χ3n) is 4.04. The molecule has 0 radical (unpaired) electrons. The number of thiocarbonyl (C=S) groups is 1. The van der Waals surface area contributed by atoms with Gasteiger partial charge in [0.2, 0.25) is 0 Å². The molecule has 12 heteroatoms. The van der Waals surface area contributed by atoms with E-state index in [9.17, 15) is 22.8 Å². The zero-order chi connectivity index (χ0) is 22.5. The first-order valence-corrected chi connectivity index (χ1v) is 9.36. The van der Waals surface area contributed by atoms with Gasteiger partial charge in [-0.25, -0.2) is 4.79 Å². The molecule has 1 aliphatic heterocycles. The number of nitrogens with zero attached hydrogens (tertiary/aromatic N) is 1. The van der Waals surface area contributed by atoms with Crippen LogP contribution in [-0.4, -0.2) is 46.8 Å². The maximum absolute atomic E-state index is 13.0. The van der Waals surface area contributed by atoms with Crippen LogP contribution in [0.5, 0.6) is 0 Å². The number of nitrogens with one attached hydrogen (secondary N) is 1. The molecule has 1 saturated heterocycles. The molecular formula is C18H21F3N2O6S. The van der Waals surface area contributed by atoms with Crippen LogP contribution in [0.2, 0.25) is 0 Å². The Kier molecular flexibility index (Phi) is 8.05. The second kappa shape index (κ2) is 10.1. The van der Waals surface area contributed by atoms with Crippen LogP contribution in [0.15, 0.2) is 15.8 Å². The van der Waals surface area contributed by atoms with E-state index in [2.05, 4.69) is 5.92 Å². The Balaban J connectivity index is 2.17. The fourth-order valence-corrected chi connectivity index (χ4v) is 2.82. The van der Waals surface area contributed by atoms with Crippen molar-refractivity contribution in [3.05, 3.63) is 32.6 Å². The first kappa shape index (κ1) is 23.9. The first-order valence-electron chi connectivity index (χ1n) is 8.95. The molecule has 0 bridgehead atoms. The maximum Gasteiger partial charge on any atom is 0.423 e. The van der Waals surface area contributed by atoms with Crippen molar-refractivity contribution in [3.8, 4) is 12.3 Å². The van der Waals surface area contributed by atoms with Gasteiger partial charge in [-0.2, -0.15) is 13.2 Å². The van der Waals surface area contributed by atoms with Gasteiger partial charge in [-0.05, 0) is 5.92 Å². The molecule has 166 valence electrons. The predicted molar refractivity (Wildman–Crippen MR) is 103 cm³/mol. The van der Waals surface area contributed by atoms with Crippen molar-refractivity contribution in [2.75, 3.05) is 19.8 Å². The van der Waals surface area contributed by atoms with E-state index < -0.39 is 41.4 Å². The highest BCUT2D eigenvalue weighted by molar-refractivity contribution is 7.79. The fourth-order valence-electron chi connectivity index (χ4n) is 2.68. The van der Waals surface area contributed by atoms with E-state index in [1.165, 1.54) is 0 Å². The molecular weight excluding hydrogens is 429 g/mol. The van der Waals surface area contributed by atoms with Crippen LogP contribution in [0.4, 0.5) is 13.2 Å². The zero-order valence-electron chi connectivity index (χ0n) is 16.2. The lowest BCUT2D eigenvalue weighted by atomic mass is 10.2. The quantitative estimate of drug-likeness (QED) is 0.501. The number of H-pyrrole nitrogens is 1. The van der Waals surface area contributed by atoms with Gasteiger partial charge in [-0.1, -0.05) is 19.8 Å². The number of aromatic nitrogens is 2. The van der Waals surface area contributed by atoms with Crippen molar-refractivity contribution in [3.63, 3.8) is 0 Å². The van der Waals surface area contributed by atoms with Crippen molar-refractivity contribution in [1.82, 2.24) is 9.55 Å². The number of rotatable bonds is 7. The van der Waals surface area contributed by atoms with Crippen LogP contribution in [0.3, 0.4) is 0 Å². The van der Waals surface area contributed by atoms with Crippen molar-refractivity contribution < 1.29 is 32.1 Å². The molecule has 0 spiro atoms. The van der Waals surface area contributed by atoms with Gasteiger partial charge in [-0.3, -0.25) is 14.3 Å². The monoisotopic (exact) mass is 450 g/mol. The molecule has 1 aromatic rings. The second-order valence-corrected chi connectivity index (χ2v) is 7.22. The lowest BCUT2D eigenvalue weighted by Gasteiger charge is -2.19. The lowest BCUT2D eigenvalue weighted by molar-refractivity contribution is -0.139. The SMILES string of the molecule is C#CCO[C@H]1C[C@H](n2cc(C(F)(F)F)c(=O)[nH]c2=O)O[C@@H]1COC(=S)OCC(C)C. The average Bonchev–Trinajstić information content (AvgIpc) is 3.04. The average molecular weight is 450 g/mol. The summed E-state index contributed by atoms with van der Waals surface area (Å²) in [6, 6.07) is 0. The molecule has 0 aliphatic carbocycles. The molecule has 2 heterocycles. The Labute approximate surface area is 175 Å². The molecule has 8 nitrogen and oxygen atoms in total. The first-order chi connectivity index (χ1) is 14.0. The molecule has 0 unspecified atom stereocenters. The van der Waals surface area contributed by atoms with Crippen molar-refractivity contribution in [1.29, 1.82) is 0 Å². The summed E-state index contributed by atoms with van der Waals surface area (Å²) in [6.07, 6.45) is -1.96. The van der Waals surface area contributed by atoms with E-state index >= 15 is 0 Å². The van der Waals surface area contributed by atoms with Crippen molar-refractivity contribution in [2.24, 2.45) is 5.92 Å². The number of halogens is 3. The van der Waals surface area contributed by atoms with Gasteiger partial charge < -0.3 is 18.9 Å². The van der Waals surface area contributed by atoms with Crippen LogP contribution in [-0.2, 0) is 25.1 Å². The van der Waals surface area contributed by atoms with Crippen LogP contribution in [0.25, 0.3) is 0 Å². The lowest BCUT2D eigenvalue weighted by Crippen LogP contribution is -2.36. The molecule has 1 aliphatic rings. The number of alkyl halides is 3. The molecule has 3 atom stereocenters. The maximum atomic E-state index is 13.0. The number of hydrogen-bond acceptors (Lipinski definition) is 7. The third kappa shape index (κ3) is 6.32. The summed E-state index contributed by atoms with van der Waals surface area (Å²) in [6.45, 7) is 3.98. The van der Waals surface area contributed by atoms with Gasteiger partial charge in [0.1, 0.15) is 31.1 Å². The van der Waals surface area contributed by atoms with E-state index in [-0.39, 0.29) is 30.8 Å². The minimum atomic E-state index is -4.94. The highest BCUT2D eigenvalue weighted by Crippen LogP contribution is 2.32. The minimum Gasteiger partial charge on any atom is -0.457 e. The van der Waals surface area contributed by atoms with Crippen LogP contribution >= 0.6 is 12.2 Å². The van der Waals surface area contributed by atoms with Gasteiger partial charge in [0.05, 0.1) is 12.7 Å². The Morgan fingerprint density at radius 1 is 1.43 bits per heavy atom. The summed E-state index contributed by atoms with van der Waals surface area (Å²) in [4.78, 5) is 25.2.